The zero-order chi connectivity index (χ0) is 6.53. The van der Waals surface area contributed by atoms with Crippen molar-refractivity contribution < 1.29 is 0 Å². The Hall–Kier alpha value is -0.370. The summed E-state index contributed by atoms with van der Waals surface area (Å²) < 4.78 is 0. The van der Waals surface area contributed by atoms with Gasteiger partial charge in [0.15, 0.2) is 0 Å². The highest BCUT2D eigenvalue weighted by Gasteiger charge is 1.88. The molecule has 2 heteroatoms. The molecule has 0 amide bonds. The molecule has 0 aliphatic carbocycles. The van der Waals surface area contributed by atoms with Gasteiger partial charge in [-0.05, 0) is 24.3 Å². The first kappa shape index (κ1) is 6.75. The second kappa shape index (κ2) is 3.62. The molecule has 9 heavy (non-hydrogen) atoms. The Morgan fingerprint density at radius 3 is 3.11 bits per heavy atom. The summed E-state index contributed by atoms with van der Waals surface area (Å²) in [4.78, 5) is 3.13. The van der Waals surface area contributed by atoms with Gasteiger partial charge in [0.1, 0.15) is 0 Å². The van der Waals surface area contributed by atoms with E-state index in [1.54, 1.807) is 0 Å². The van der Waals surface area contributed by atoms with Gasteiger partial charge in [0, 0.05) is 6.20 Å². The van der Waals surface area contributed by atoms with E-state index in [0.717, 1.165) is 0 Å². The molecule has 0 unspecified atom stereocenters. The van der Waals surface area contributed by atoms with Gasteiger partial charge in [0.05, 0.1) is 5.03 Å². The van der Waals surface area contributed by atoms with Crippen molar-refractivity contribution in [3.63, 3.8) is 0 Å². The van der Waals surface area contributed by atoms with Crippen molar-refractivity contribution in [2.75, 3.05) is 5.75 Å². The number of hydrogen-bond acceptors (Lipinski definition) is 1. The Labute approximate surface area is 59.9 Å². The van der Waals surface area contributed by atoms with Gasteiger partial charge in [-0.25, -0.2) is 0 Å². The molecule has 50 valence electrons. The molecule has 1 aromatic heterocycles. The summed E-state index contributed by atoms with van der Waals surface area (Å²) in [6, 6.07) is 4.12. The molecular weight excluding hydrogens is 130 g/mol. The molecule has 0 bridgehead atoms. The quantitative estimate of drug-likeness (QED) is 0.639. The third-order valence-electron chi connectivity index (χ3n) is 1.03. The minimum Gasteiger partial charge on any atom is -0.356 e. The summed E-state index contributed by atoms with van der Waals surface area (Å²) in [6.45, 7) is 2.19. The van der Waals surface area contributed by atoms with E-state index < -0.39 is 0 Å². The molecular formula is C7H11NS. The second-order valence-corrected chi connectivity index (χ2v) is 3.02. The zero-order valence-corrected chi connectivity index (χ0v) is 6.37. The van der Waals surface area contributed by atoms with Crippen LogP contribution in [0.15, 0.2) is 23.4 Å². The van der Waals surface area contributed by atoms with Crippen LogP contribution in [-0.2, 0) is 0 Å². The lowest BCUT2D eigenvalue weighted by Crippen LogP contribution is -1.73. The van der Waals surface area contributed by atoms with Crippen LogP contribution in [0, 0.1) is 0 Å². The fraction of sp³-hybridized carbons (Fsp3) is 0.429. The molecule has 1 aromatic rings. The number of rotatable bonds is 3. The number of H-pyrrole nitrogens is 1. The van der Waals surface area contributed by atoms with Gasteiger partial charge >= 0.3 is 0 Å². The average molecular weight is 141 g/mol. The van der Waals surface area contributed by atoms with Crippen molar-refractivity contribution in [3.8, 4) is 0 Å². The molecule has 0 radical (unpaired) electrons. The Morgan fingerprint density at radius 1 is 1.67 bits per heavy atom. The van der Waals surface area contributed by atoms with Crippen LogP contribution in [0.4, 0.5) is 0 Å². The molecule has 1 heterocycles. The maximum atomic E-state index is 3.13. The Morgan fingerprint density at radius 2 is 2.56 bits per heavy atom. The first-order valence-electron chi connectivity index (χ1n) is 3.19. The van der Waals surface area contributed by atoms with Crippen LogP contribution in [0.5, 0.6) is 0 Å². The van der Waals surface area contributed by atoms with E-state index in [2.05, 4.69) is 18.0 Å². The molecule has 1 rings (SSSR count). The molecule has 0 aromatic carbocycles. The smallest absolute Gasteiger partial charge is 0.0721 e. The zero-order valence-electron chi connectivity index (χ0n) is 5.55. The van der Waals surface area contributed by atoms with Crippen LogP contribution < -0.4 is 0 Å². The standard InChI is InChI=1S/C7H11NS/c1-2-6-9-7-4-3-5-8-7/h3-5,8H,2,6H2,1H3. The van der Waals surface area contributed by atoms with Crippen LogP contribution in [-0.4, -0.2) is 10.7 Å². The van der Waals surface area contributed by atoms with Crippen LogP contribution >= 0.6 is 11.8 Å². The van der Waals surface area contributed by atoms with E-state index in [1.165, 1.54) is 17.2 Å². The first-order valence-corrected chi connectivity index (χ1v) is 4.18. The van der Waals surface area contributed by atoms with Gasteiger partial charge in [-0.15, -0.1) is 11.8 Å². The molecule has 1 N–H and O–H groups in total. The van der Waals surface area contributed by atoms with Gasteiger partial charge in [0.25, 0.3) is 0 Å². The first-order chi connectivity index (χ1) is 4.43. The highest BCUT2D eigenvalue weighted by molar-refractivity contribution is 7.99. The van der Waals surface area contributed by atoms with Crippen LogP contribution in [0.25, 0.3) is 0 Å². The molecule has 0 saturated heterocycles. The summed E-state index contributed by atoms with van der Waals surface area (Å²) in [6.07, 6.45) is 3.20. The summed E-state index contributed by atoms with van der Waals surface area (Å²) in [5, 5.41) is 1.27. The molecule has 0 spiro atoms. The van der Waals surface area contributed by atoms with Crippen molar-refractivity contribution in [2.24, 2.45) is 0 Å². The topological polar surface area (TPSA) is 15.8 Å². The highest BCUT2D eigenvalue weighted by Crippen LogP contribution is 2.14. The fourth-order valence-corrected chi connectivity index (χ4v) is 1.37. The molecule has 0 fully saturated rings. The Balaban J connectivity index is 2.30. The number of aromatic nitrogens is 1. The Bertz CT molecular complexity index is 146. The van der Waals surface area contributed by atoms with Gasteiger partial charge in [-0.1, -0.05) is 6.92 Å². The average Bonchev–Trinajstić information content (AvgIpc) is 2.34. The minimum absolute atomic E-state index is 1.21. The van der Waals surface area contributed by atoms with Crippen molar-refractivity contribution in [2.45, 2.75) is 18.4 Å². The number of aromatic amines is 1. The van der Waals surface area contributed by atoms with Gasteiger partial charge in [-0.2, -0.15) is 0 Å². The monoisotopic (exact) mass is 141 g/mol. The summed E-state index contributed by atoms with van der Waals surface area (Å²) in [7, 11) is 0. The lowest BCUT2D eigenvalue weighted by molar-refractivity contribution is 1.09. The minimum atomic E-state index is 1.21. The Kier molecular flexibility index (Phi) is 2.71. The van der Waals surface area contributed by atoms with E-state index in [0.29, 0.717) is 0 Å². The molecule has 0 aliphatic rings. The van der Waals surface area contributed by atoms with Gasteiger partial charge < -0.3 is 4.98 Å². The van der Waals surface area contributed by atoms with Gasteiger partial charge in [0.2, 0.25) is 0 Å². The number of nitrogens with one attached hydrogen (secondary N) is 1. The number of thioether (sulfide) groups is 1. The summed E-state index contributed by atoms with van der Waals surface area (Å²) >= 11 is 1.87. The maximum absolute atomic E-state index is 3.13. The largest absolute Gasteiger partial charge is 0.356 e. The van der Waals surface area contributed by atoms with Crippen molar-refractivity contribution in [3.05, 3.63) is 18.3 Å². The highest BCUT2D eigenvalue weighted by atomic mass is 32.2. The van der Waals surface area contributed by atoms with Crippen LogP contribution in [0.3, 0.4) is 0 Å². The third kappa shape index (κ3) is 2.14. The second-order valence-electron chi connectivity index (χ2n) is 1.88. The predicted molar refractivity (Wildman–Crippen MR) is 41.8 cm³/mol. The van der Waals surface area contributed by atoms with Crippen molar-refractivity contribution in [1.29, 1.82) is 0 Å². The molecule has 1 nitrogen and oxygen atoms in total. The van der Waals surface area contributed by atoms with Crippen LogP contribution in [0.1, 0.15) is 13.3 Å². The van der Waals surface area contributed by atoms with E-state index >= 15 is 0 Å². The van der Waals surface area contributed by atoms with Gasteiger partial charge in [-0.3, -0.25) is 0 Å². The maximum Gasteiger partial charge on any atom is 0.0721 e. The van der Waals surface area contributed by atoms with E-state index in [1.807, 2.05) is 24.0 Å². The lowest BCUT2D eigenvalue weighted by Gasteiger charge is -1.91. The fourth-order valence-electron chi connectivity index (χ4n) is 0.616. The lowest BCUT2D eigenvalue weighted by atomic mass is 10.6. The summed E-state index contributed by atoms with van der Waals surface area (Å²) in [5.41, 5.74) is 0. The SMILES string of the molecule is CCCSc1ccc[nH]1. The third-order valence-corrected chi connectivity index (χ3v) is 2.21. The van der Waals surface area contributed by atoms with Crippen molar-refractivity contribution >= 4 is 11.8 Å². The number of hydrogen-bond donors (Lipinski definition) is 1. The van der Waals surface area contributed by atoms with E-state index in [-0.39, 0.29) is 0 Å². The predicted octanol–water partition coefficient (Wildman–Crippen LogP) is 2.52. The summed E-state index contributed by atoms with van der Waals surface area (Å²) in [5.74, 6) is 1.21. The van der Waals surface area contributed by atoms with E-state index in [4.69, 9.17) is 0 Å². The normalized spacial score (nSPS) is 9.89. The molecule has 0 aliphatic heterocycles. The van der Waals surface area contributed by atoms with Crippen molar-refractivity contribution in [1.82, 2.24) is 4.98 Å². The van der Waals surface area contributed by atoms with Crippen LogP contribution in [0.2, 0.25) is 0 Å². The van der Waals surface area contributed by atoms with E-state index in [9.17, 15) is 0 Å². The molecule has 0 atom stereocenters. The molecule has 0 saturated carbocycles.